The van der Waals surface area contributed by atoms with Crippen LogP contribution in [0.1, 0.15) is 48.6 Å². The van der Waals surface area contributed by atoms with Crippen LogP contribution in [0.3, 0.4) is 0 Å². The van der Waals surface area contributed by atoms with Crippen LogP contribution in [0.25, 0.3) is 0 Å². The fourth-order valence-electron chi connectivity index (χ4n) is 2.43. The number of aryl methyl sites for hydroxylation is 1. The predicted molar refractivity (Wildman–Crippen MR) is 95.0 cm³/mol. The Bertz CT molecular complexity index is 654. The number of amides is 1. The van der Waals surface area contributed by atoms with Crippen LogP contribution in [0.15, 0.2) is 30.5 Å². The second-order valence-corrected chi connectivity index (χ2v) is 5.69. The first-order chi connectivity index (χ1) is 11.6. The third kappa shape index (κ3) is 5.01. The summed E-state index contributed by atoms with van der Waals surface area (Å²) in [5.74, 6) is 0.419. The highest BCUT2D eigenvalue weighted by Gasteiger charge is 2.14. The number of hydrogen-bond acceptors (Lipinski definition) is 5. The van der Waals surface area contributed by atoms with Crippen molar-refractivity contribution in [3.8, 4) is 0 Å². The first-order valence-electron chi connectivity index (χ1n) is 8.42. The van der Waals surface area contributed by atoms with Crippen molar-refractivity contribution in [2.75, 3.05) is 18.0 Å². The van der Waals surface area contributed by atoms with Crippen molar-refractivity contribution in [2.24, 2.45) is 0 Å². The van der Waals surface area contributed by atoms with Crippen LogP contribution in [-0.2, 0) is 6.54 Å². The molecule has 0 spiro atoms. The van der Waals surface area contributed by atoms with Gasteiger partial charge in [0.25, 0.3) is 5.91 Å². The number of anilines is 1. The van der Waals surface area contributed by atoms with E-state index in [0.29, 0.717) is 18.2 Å². The van der Waals surface area contributed by atoms with Gasteiger partial charge in [-0.05, 0) is 38.0 Å². The van der Waals surface area contributed by atoms with E-state index >= 15 is 0 Å². The predicted octanol–water partition coefficient (Wildman–Crippen LogP) is 2.74. The van der Waals surface area contributed by atoms with Gasteiger partial charge in [0.1, 0.15) is 5.69 Å². The van der Waals surface area contributed by atoms with E-state index in [4.69, 9.17) is 0 Å². The summed E-state index contributed by atoms with van der Waals surface area (Å²) in [6.45, 7) is 8.28. The molecule has 0 saturated heterocycles. The van der Waals surface area contributed by atoms with Crippen molar-refractivity contribution < 1.29 is 4.79 Å². The zero-order valence-corrected chi connectivity index (χ0v) is 14.6. The van der Waals surface area contributed by atoms with Gasteiger partial charge in [-0.25, -0.2) is 9.97 Å². The second kappa shape index (κ2) is 8.96. The van der Waals surface area contributed by atoms with Gasteiger partial charge in [0.05, 0.1) is 12.2 Å². The van der Waals surface area contributed by atoms with Crippen LogP contribution in [0.2, 0.25) is 0 Å². The van der Waals surface area contributed by atoms with E-state index in [2.05, 4.69) is 39.0 Å². The Morgan fingerprint density at radius 1 is 1.17 bits per heavy atom. The summed E-state index contributed by atoms with van der Waals surface area (Å²) in [4.78, 5) is 27.7. The molecule has 6 nitrogen and oxygen atoms in total. The molecule has 0 saturated carbocycles. The summed E-state index contributed by atoms with van der Waals surface area (Å²) < 4.78 is 0. The van der Waals surface area contributed by atoms with Gasteiger partial charge in [-0.15, -0.1) is 0 Å². The minimum Gasteiger partial charge on any atom is -0.345 e. The summed E-state index contributed by atoms with van der Waals surface area (Å²) in [5, 5.41) is 2.86. The van der Waals surface area contributed by atoms with E-state index in [1.165, 1.54) is 0 Å². The molecule has 6 heteroatoms. The summed E-state index contributed by atoms with van der Waals surface area (Å²) in [6, 6.07) is 7.34. The van der Waals surface area contributed by atoms with Crippen LogP contribution < -0.4 is 10.2 Å². The van der Waals surface area contributed by atoms with Crippen molar-refractivity contribution in [3.63, 3.8) is 0 Å². The van der Waals surface area contributed by atoms with E-state index in [0.717, 1.165) is 37.3 Å². The molecular weight excluding hydrogens is 302 g/mol. The molecule has 1 N–H and O–H groups in total. The number of nitrogens with one attached hydrogen (secondary N) is 1. The minimum atomic E-state index is -0.208. The zero-order valence-electron chi connectivity index (χ0n) is 14.6. The zero-order chi connectivity index (χ0) is 17.4. The highest BCUT2D eigenvalue weighted by atomic mass is 16.1. The van der Waals surface area contributed by atoms with E-state index < -0.39 is 0 Å². The van der Waals surface area contributed by atoms with Crippen LogP contribution in [-0.4, -0.2) is 33.9 Å². The average Bonchev–Trinajstić information content (AvgIpc) is 2.60. The lowest BCUT2D eigenvalue weighted by atomic mass is 10.3. The quantitative estimate of drug-likeness (QED) is 0.807. The minimum absolute atomic E-state index is 0.208. The Kier molecular flexibility index (Phi) is 6.66. The molecule has 0 aliphatic heterocycles. The highest BCUT2D eigenvalue weighted by Crippen LogP contribution is 2.12. The standard InChI is InChI=1S/C18H25N5O/c1-4-10-23(11-5-2)18-21-14(3)12-16(22-18)17(24)20-13-15-8-6-7-9-19-15/h6-9,12H,4-5,10-11,13H2,1-3H3,(H,20,24). The highest BCUT2D eigenvalue weighted by molar-refractivity contribution is 5.92. The molecule has 2 rings (SSSR count). The number of rotatable bonds is 8. The molecule has 0 atom stereocenters. The number of nitrogens with zero attached hydrogens (tertiary/aromatic N) is 4. The molecule has 0 radical (unpaired) electrons. The topological polar surface area (TPSA) is 71.0 Å². The molecule has 2 aromatic heterocycles. The van der Waals surface area contributed by atoms with Crippen LogP contribution in [0, 0.1) is 6.92 Å². The first kappa shape index (κ1) is 17.8. The molecule has 0 unspecified atom stereocenters. The number of pyridine rings is 1. The number of hydrogen-bond donors (Lipinski definition) is 1. The van der Waals surface area contributed by atoms with Crippen LogP contribution in [0.4, 0.5) is 5.95 Å². The Balaban J connectivity index is 2.12. The lowest BCUT2D eigenvalue weighted by molar-refractivity contribution is 0.0945. The maximum atomic E-state index is 12.4. The fraction of sp³-hybridized carbons (Fsp3) is 0.444. The molecule has 0 fully saturated rings. The van der Waals surface area contributed by atoms with Gasteiger partial charge >= 0.3 is 0 Å². The molecule has 128 valence electrons. The molecule has 0 aliphatic rings. The van der Waals surface area contributed by atoms with E-state index in [9.17, 15) is 4.79 Å². The molecule has 0 aliphatic carbocycles. The van der Waals surface area contributed by atoms with Gasteiger partial charge in [-0.1, -0.05) is 19.9 Å². The van der Waals surface area contributed by atoms with Gasteiger partial charge < -0.3 is 10.2 Å². The molecule has 0 aromatic carbocycles. The van der Waals surface area contributed by atoms with Crippen molar-refractivity contribution in [3.05, 3.63) is 47.5 Å². The SMILES string of the molecule is CCCN(CCC)c1nc(C)cc(C(=O)NCc2ccccn2)n1. The third-order valence-corrected chi connectivity index (χ3v) is 3.50. The lowest BCUT2D eigenvalue weighted by Gasteiger charge is -2.22. The first-order valence-corrected chi connectivity index (χ1v) is 8.42. The van der Waals surface area contributed by atoms with Crippen LogP contribution >= 0.6 is 0 Å². The Morgan fingerprint density at radius 2 is 1.92 bits per heavy atom. The maximum Gasteiger partial charge on any atom is 0.270 e. The number of carbonyl (C=O) groups excluding carboxylic acids is 1. The third-order valence-electron chi connectivity index (χ3n) is 3.50. The fourth-order valence-corrected chi connectivity index (χ4v) is 2.43. The van der Waals surface area contributed by atoms with Crippen molar-refractivity contribution in [1.82, 2.24) is 20.3 Å². The Labute approximate surface area is 143 Å². The summed E-state index contributed by atoms with van der Waals surface area (Å²) in [7, 11) is 0. The van der Waals surface area contributed by atoms with E-state index in [1.54, 1.807) is 12.3 Å². The average molecular weight is 327 g/mol. The molecule has 1 amide bonds. The van der Waals surface area contributed by atoms with E-state index in [1.807, 2.05) is 25.1 Å². The molecule has 2 heterocycles. The number of carbonyl (C=O) groups is 1. The molecule has 0 bridgehead atoms. The normalized spacial score (nSPS) is 10.5. The summed E-state index contributed by atoms with van der Waals surface area (Å²) in [5.41, 5.74) is 2.00. The van der Waals surface area contributed by atoms with Gasteiger partial charge in [0.2, 0.25) is 5.95 Å². The molecular formula is C18H25N5O. The Morgan fingerprint density at radius 3 is 2.54 bits per heavy atom. The van der Waals surface area contributed by atoms with E-state index in [-0.39, 0.29) is 5.91 Å². The largest absolute Gasteiger partial charge is 0.345 e. The maximum absolute atomic E-state index is 12.4. The van der Waals surface area contributed by atoms with Gasteiger partial charge in [-0.3, -0.25) is 9.78 Å². The van der Waals surface area contributed by atoms with Gasteiger partial charge in [-0.2, -0.15) is 0 Å². The van der Waals surface area contributed by atoms with Crippen LogP contribution in [0.5, 0.6) is 0 Å². The Hall–Kier alpha value is -2.50. The van der Waals surface area contributed by atoms with Gasteiger partial charge in [0.15, 0.2) is 0 Å². The molecule has 24 heavy (non-hydrogen) atoms. The van der Waals surface area contributed by atoms with Gasteiger partial charge in [0, 0.05) is 25.0 Å². The molecule has 2 aromatic rings. The second-order valence-electron chi connectivity index (χ2n) is 5.69. The monoisotopic (exact) mass is 327 g/mol. The summed E-state index contributed by atoms with van der Waals surface area (Å²) in [6.07, 6.45) is 3.73. The number of aromatic nitrogens is 3. The summed E-state index contributed by atoms with van der Waals surface area (Å²) >= 11 is 0. The van der Waals surface area contributed by atoms with Crippen molar-refractivity contribution in [1.29, 1.82) is 0 Å². The van der Waals surface area contributed by atoms with Crippen molar-refractivity contribution >= 4 is 11.9 Å². The van der Waals surface area contributed by atoms with Crippen molar-refractivity contribution in [2.45, 2.75) is 40.2 Å². The lowest BCUT2D eigenvalue weighted by Crippen LogP contribution is -2.29. The smallest absolute Gasteiger partial charge is 0.270 e.